The summed E-state index contributed by atoms with van der Waals surface area (Å²) in [7, 11) is 0. The van der Waals surface area contributed by atoms with Gasteiger partial charge in [0.2, 0.25) is 0 Å². The second-order valence-electron chi connectivity index (χ2n) is 5.26. The lowest BCUT2D eigenvalue weighted by Crippen LogP contribution is -1.95. The molecule has 3 aromatic rings. The van der Waals surface area contributed by atoms with Gasteiger partial charge in [0.1, 0.15) is 0 Å². The Balaban J connectivity index is 2.08. The number of aryl methyl sites for hydroxylation is 1. The topological polar surface area (TPSA) is 43.1 Å². The van der Waals surface area contributed by atoms with Crippen LogP contribution in [0.15, 0.2) is 36.9 Å². The molecule has 0 amide bonds. The molecule has 0 spiro atoms. The van der Waals surface area contributed by atoms with Gasteiger partial charge in [-0.15, -0.1) is 0 Å². The van der Waals surface area contributed by atoms with Gasteiger partial charge in [-0.05, 0) is 30.0 Å². The first-order valence-electron chi connectivity index (χ1n) is 6.97. The lowest BCUT2D eigenvalue weighted by atomic mass is 10.0. The van der Waals surface area contributed by atoms with Crippen molar-refractivity contribution in [3.8, 4) is 11.3 Å². The van der Waals surface area contributed by atoms with Gasteiger partial charge in [-0.25, -0.2) is 9.50 Å². The minimum absolute atomic E-state index is 0.491. The van der Waals surface area contributed by atoms with Gasteiger partial charge >= 0.3 is 0 Å². The van der Waals surface area contributed by atoms with Crippen LogP contribution in [0.2, 0.25) is 0 Å². The van der Waals surface area contributed by atoms with Gasteiger partial charge in [0.15, 0.2) is 5.65 Å². The number of aromatic nitrogens is 4. The van der Waals surface area contributed by atoms with Crippen LogP contribution in [0.5, 0.6) is 0 Å². The van der Waals surface area contributed by atoms with Gasteiger partial charge in [0.05, 0.1) is 11.9 Å². The minimum Gasteiger partial charge on any atom is -0.256 e. The Kier molecular flexibility index (Phi) is 3.22. The van der Waals surface area contributed by atoms with Gasteiger partial charge < -0.3 is 0 Å². The third-order valence-electron chi connectivity index (χ3n) is 3.56. The van der Waals surface area contributed by atoms with E-state index in [0.29, 0.717) is 5.92 Å². The Hall–Kier alpha value is -2.23. The maximum atomic E-state index is 4.52. The minimum atomic E-state index is 0.491. The first-order chi connectivity index (χ1) is 9.69. The van der Waals surface area contributed by atoms with Crippen LogP contribution in [-0.4, -0.2) is 19.6 Å². The molecule has 0 radical (unpaired) electrons. The molecule has 3 aromatic heterocycles. The van der Waals surface area contributed by atoms with E-state index in [1.54, 1.807) is 0 Å². The van der Waals surface area contributed by atoms with Gasteiger partial charge in [-0.3, -0.25) is 4.98 Å². The third-order valence-corrected chi connectivity index (χ3v) is 3.56. The van der Waals surface area contributed by atoms with Gasteiger partial charge in [-0.2, -0.15) is 5.10 Å². The molecule has 0 fully saturated rings. The molecule has 3 heterocycles. The maximum absolute atomic E-state index is 4.52. The highest BCUT2D eigenvalue weighted by Crippen LogP contribution is 2.22. The van der Waals surface area contributed by atoms with Crippen molar-refractivity contribution in [3.05, 3.63) is 48.0 Å². The SMILES string of the molecule is CCc1cnn2cc(-c3cc(C(C)C)ccn3)cnc12. The van der Waals surface area contributed by atoms with E-state index in [-0.39, 0.29) is 0 Å². The van der Waals surface area contributed by atoms with Crippen molar-refractivity contribution in [1.82, 2.24) is 19.6 Å². The average molecular weight is 266 g/mol. The lowest BCUT2D eigenvalue weighted by molar-refractivity contribution is 0.863. The largest absolute Gasteiger partial charge is 0.256 e. The van der Waals surface area contributed by atoms with Crippen LogP contribution >= 0.6 is 0 Å². The average Bonchev–Trinajstić information content (AvgIpc) is 2.89. The van der Waals surface area contributed by atoms with E-state index in [9.17, 15) is 0 Å². The highest BCUT2D eigenvalue weighted by atomic mass is 15.2. The molecule has 0 unspecified atom stereocenters. The second-order valence-corrected chi connectivity index (χ2v) is 5.26. The highest BCUT2D eigenvalue weighted by molar-refractivity contribution is 5.60. The number of hydrogen-bond donors (Lipinski definition) is 0. The smallest absolute Gasteiger partial charge is 0.158 e. The molecule has 0 bridgehead atoms. The number of nitrogens with zero attached hydrogens (tertiary/aromatic N) is 4. The first-order valence-corrected chi connectivity index (χ1v) is 6.97. The van der Waals surface area contributed by atoms with E-state index in [0.717, 1.165) is 23.3 Å². The molecule has 0 atom stereocenters. The fourth-order valence-electron chi connectivity index (χ4n) is 2.27. The molecule has 0 N–H and O–H groups in total. The van der Waals surface area contributed by atoms with Crippen LogP contribution < -0.4 is 0 Å². The van der Waals surface area contributed by atoms with E-state index in [1.165, 1.54) is 11.1 Å². The standard InChI is InChI=1S/C16H18N4/c1-4-12-9-19-20-10-14(8-18-16(12)20)15-7-13(11(2)3)5-6-17-15/h5-11H,4H2,1-3H3. The van der Waals surface area contributed by atoms with Crippen molar-refractivity contribution in [2.75, 3.05) is 0 Å². The molecule has 0 aliphatic rings. The fraction of sp³-hybridized carbons (Fsp3) is 0.312. The quantitative estimate of drug-likeness (QED) is 0.729. The molecule has 20 heavy (non-hydrogen) atoms. The molecule has 102 valence electrons. The fourth-order valence-corrected chi connectivity index (χ4v) is 2.27. The molecule has 0 saturated carbocycles. The summed E-state index contributed by atoms with van der Waals surface area (Å²) < 4.78 is 1.83. The summed E-state index contributed by atoms with van der Waals surface area (Å²) >= 11 is 0. The maximum Gasteiger partial charge on any atom is 0.158 e. The Labute approximate surface area is 118 Å². The second kappa shape index (κ2) is 5.04. The molecular weight excluding hydrogens is 248 g/mol. The Bertz CT molecular complexity index is 743. The number of pyridine rings is 1. The van der Waals surface area contributed by atoms with Gasteiger partial charge in [0, 0.05) is 29.7 Å². The van der Waals surface area contributed by atoms with Crippen molar-refractivity contribution in [2.45, 2.75) is 33.1 Å². The summed E-state index contributed by atoms with van der Waals surface area (Å²) in [5, 5.41) is 4.36. The zero-order valence-electron chi connectivity index (χ0n) is 12.0. The van der Waals surface area contributed by atoms with Gasteiger partial charge in [-0.1, -0.05) is 20.8 Å². The zero-order chi connectivity index (χ0) is 14.1. The highest BCUT2D eigenvalue weighted by Gasteiger charge is 2.08. The van der Waals surface area contributed by atoms with Crippen LogP contribution in [0.4, 0.5) is 0 Å². The summed E-state index contributed by atoms with van der Waals surface area (Å²) in [6.45, 7) is 6.48. The molecule has 3 rings (SSSR count). The third kappa shape index (κ3) is 2.18. The first kappa shape index (κ1) is 12.8. The van der Waals surface area contributed by atoms with Gasteiger partial charge in [0.25, 0.3) is 0 Å². The summed E-state index contributed by atoms with van der Waals surface area (Å²) in [5.41, 5.74) is 5.31. The van der Waals surface area contributed by atoms with E-state index < -0.39 is 0 Å². The number of hydrogen-bond acceptors (Lipinski definition) is 3. The Morgan fingerprint density at radius 3 is 2.80 bits per heavy atom. The van der Waals surface area contributed by atoms with Crippen LogP contribution in [0.3, 0.4) is 0 Å². The van der Waals surface area contributed by atoms with Crippen molar-refractivity contribution in [1.29, 1.82) is 0 Å². The van der Waals surface area contributed by atoms with Crippen LogP contribution in [0.25, 0.3) is 16.9 Å². The predicted molar refractivity (Wildman–Crippen MR) is 79.7 cm³/mol. The van der Waals surface area contributed by atoms with Crippen molar-refractivity contribution >= 4 is 5.65 Å². The van der Waals surface area contributed by atoms with E-state index >= 15 is 0 Å². The zero-order valence-corrected chi connectivity index (χ0v) is 12.0. The normalized spacial score (nSPS) is 11.4. The molecule has 4 heteroatoms. The molecule has 4 nitrogen and oxygen atoms in total. The summed E-state index contributed by atoms with van der Waals surface area (Å²) in [6.07, 6.45) is 8.55. The van der Waals surface area contributed by atoms with E-state index in [2.05, 4.69) is 48.0 Å². The van der Waals surface area contributed by atoms with Crippen molar-refractivity contribution in [3.63, 3.8) is 0 Å². The molecule has 0 aliphatic heterocycles. The summed E-state index contributed by atoms with van der Waals surface area (Å²) in [6, 6.07) is 4.18. The Morgan fingerprint density at radius 1 is 1.20 bits per heavy atom. The van der Waals surface area contributed by atoms with Crippen LogP contribution in [-0.2, 0) is 6.42 Å². The number of rotatable bonds is 3. The van der Waals surface area contributed by atoms with E-state index in [1.807, 2.05) is 29.3 Å². The molecular formula is C16H18N4. The van der Waals surface area contributed by atoms with Crippen molar-refractivity contribution < 1.29 is 0 Å². The van der Waals surface area contributed by atoms with Crippen LogP contribution in [0, 0.1) is 0 Å². The van der Waals surface area contributed by atoms with Crippen LogP contribution in [0.1, 0.15) is 37.8 Å². The van der Waals surface area contributed by atoms with E-state index in [4.69, 9.17) is 0 Å². The molecule has 0 aliphatic carbocycles. The predicted octanol–water partition coefficient (Wildman–Crippen LogP) is 3.48. The molecule has 0 aromatic carbocycles. The van der Waals surface area contributed by atoms with Crippen molar-refractivity contribution in [2.24, 2.45) is 0 Å². The lowest BCUT2D eigenvalue weighted by Gasteiger charge is -2.07. The number of fused-ring (bicyclic) bond motifs is 1. The summed E-state index contributed by atoms with van der Waals surface area (Å²) in [4.78, 5) is 8.97. The molecule has 0 saturated heterocycles. The Morgan fingerprint density at radius 2 is 2.05 bits per heavy atom. The summed E-state index contributed by atoms with van der Waals surface area (Å²) in [5.74, 6) is 0.491. The monoisotopic (exact) mass is 266 g/mol.